The standard InChI is InChI=1S/C13H22N4.2ClH.H3N/c1-10-5-6-12-9-13(14,7-8-16(3)4)15-17(12)11(10)2;;;/h5-6,9,15H,7-8,14H2,1-4H3;2*1H;1H3. The summed E-state index contributed by atoms with van der Waals surface area (Å²) < 4.78 is 0. The van der Waals surface area contributed by atoms with Crippen LogP contribution in [0.15, 0.2) is 35.2 Å². The molecule has 0 saturated heterocycles. The highest BCUT2D eigenvalue weighted by Crippen LogP contribution is 2.29. The first-order valence-corrected chi connectivity index (χ1v) is 6.01. The number of rotatable bonds is 3. The van der Waals surface area contributed by atoms with Gasteiger partial charge in [0.2, 0.25) is 0 Å². The summed E-state index contributed by atoms with van der Waals surface area (Å²) in [6.45, 7) is 5.19. The minimum absolute atomic E-state index is 0. The summed E-state index contributed by atoms with van der Waals surface area (Å²) >= 11 is 0. The summed E-state index contributed by atoms with van der Waals surface area (Å²) in [5.74, 6) is 0. The van der Waals surface area contributed by atoms with Crippen molar-refractivity contribution in [3.63, 3.8) is 0 Å². The van der Waals surface area contributed by atoms with Crippen molar-refractivity contribution in [3.05, 3.63) is 35.2 Å². The lowest BCUT2D eigenvalue weighted by atomic mass is 10.1. The van der Waals surface area contributed by atoms with Crippen molar-refractivity contribution >= 4 is 24.8 Å². The van der Waals surface area contributed by atoms with Gasteiger partial charge in [-0.15, -0.1) is 24.8 Å². The Bertz CT molecular complexity index is 417. The maximum atomic E-state index is 6.36. The first kappa shape index (κ1) is 21.7. The molecule has 0 amide bonds. The summed E-state index contributed by atoms with van der Waals surface area (Å²) in [5.41, 5.74) is 13.0. The van der Waals surface area contributed by atoms with Crippen molar-refractivity contribution in [3.8, 4) is 0 Å². The second kappa shape index (κ2) is 8.02. The first-order valence-electron chi connectivity index (χ1n) is 6.01. The van der Waals surface area contributed by atoms with Gasteiger partial charge in [-0.05, 0) is 52.1 Å². The zero-order valence-electron chi connectivity index (χ0n) is 12.6. The van der Waals surface area contributed by atoms with Crippen molar-refractivity contribution in [2.45, 2.75) is 25.9 Å². The van der Waals surface area contributed by atoms with E-state index < -0.39 is 5.66 Å². The Labute approximate surface area is 134 Å². The van der Waals surface area contributed by atoms with E-state index in [1.165, 1.54) is 11.3 Å². The number of allylic oxidation sites excluding steroid dienone is 4. The van der Waals surface area contributed by atoms with Crippen LogP contribution in [-0.2, 0) is 0 Å². The summed E-state index contributed by atoms with van der Waals surface area (Å²) in [7, 11) is 4.13. The first-order chi connectivity index (χ1) is 7.91. The third-order valence-electron chi connectivity index (χ3n) is 3.37. The van der Waals surface area contributed by atoms with Crippen LogP contribution >= 0.6 is 24.8 Å². The summed E-state index contributed by atoms with van der Waals surface area (Å²) in [4.78, 5) is 2.15. The number of nitrogens with two attached hydrogens (primary N) is 1. The fourth-order valence-electron chi connectivity index (χ4n) is 2.08. The Morgan fingerprint density at radius 3 is 2.40 bits per heavy atom. The molecule has 5 nitrogen and oxygen atoms in total. The molecule has 2 aliphatic heterocycles. The van der Waals surface area contributed by atoms with Crippen LogP contribution in [0.2, 0.25) is 0 Å². The summed E-state index contributed by atoms with van der Waals surface area (Å²) in [6.07, 6.45) is 7.25. The van der Waals surface area contributed by atoms with Crippen molar-refractivity contribution in [1.29, 1.82) is 0 Å². The zero-order chi connectivity index (χ0) is 12.6. The van der Waals surface area contributed by atoms with Crippen molar-refractivity contribution < 1.29 is 0 Å². The molecule has 7 heteroatoms. The van der Waals surface area contributed by atoms with Crippen LogP contribution < -0.4 is 17.3 Å². The van der Waals surface area contributed by atoms with Crippen molar-refractivity contribution in [2.75, 3.05) is 20.6 Å². The fourth-order valence-corrected chi connectivity index (χ4v) is 2.08. The highest BCUT2D eigenvalue weighted by Gasteiger charge is 2.34. The van der Waals surface area contributed by atoms with Gasteiger partial charge < -0.3 is 16.8 Å². The molecule has 1 atom stereocenters. The van der Waals surface area contributed by atoms with Gasteiger partial charge in [0.05, 0.1) is 5.70 Å². The molecule has 0 radical (unpaired) electrons. The van der Waals surface area contributed by atoms with Gasteiger partial charge in [-0.25, -0.2) is 5.43 Å². The molecule has 1 unspecified atom stereocenters. The van der Waals surface area contributed by atoms with E-state index in [4.69, 9.17) is 5.73 Å². The Kier molecular flexibility index (Phi) is 8.72. The molecule has 0 fully saturated rings. The van der Waals surface area contributed by atoms with Gasteiger partial charge in [0.1, 0.15) is 5.66 Å². The molecule has 0 bridgehead atoms. The average Bonchev–Trinajstić information content (AvgIpc) is 2.60. The molecule has 0 spiro atoms. The topological polar surface area (TPSA) is 79.5 Å². The Morgan fingerprint density at radius 2 is 1.85 bits per heavy atom. The van der Waals surface area contributed by atoms with Crippen molar-refractivity contribution in [1.82, 2.24) is 21.5 Å². The normalized spacial score (nSPS) is 23.7. The van der Waals surface area contributed by atoms with Gasteiger partial charge in [-0.3, -0.25) is 5.01 Å². The highest BCUT2D eigenvalue weighted by molar-refractivity contribution is 5.85. The predicted octanol–water partition coefficient (Wildman–Crippen LogP) is 2.17. The van der Waals surface area contributed by atoms with Gasteiger partial charge in [-0.2, -0.15) is 0 Å². The van der Waals surface area contributed by atoms with Gasteiger partial charge >= 0.3 is 0 Å². The van der Waals surface area contributed by atoms with E-state index in [9.17, 15) is 0 Å². The van der Waals surface area contributed by atoms with Crippen LogP contribution in [0.1, 0.15) is 20.3 Å². The average molecular weight is 324 g/mol. The maximum Gasteiger partial charge on any atom is 0.107 e. The molecule has 0 aromatic carbocycles. The number of nitrogens with zero attached hydrogens (tertiary/aromatic N) is 2. The van der Waals surface area contributed by atoms with E-state index >= 15 is 0 Å². The minimum atomic E-state index is -0.435. The van der Waals surface area contributed by atoms with Crippen LogP contribution in [-0.4, -0.2) is 36.2 Å². The second-order valence-electron chi connectivity index (χ2n) is 5.21. The van der Waals surface area contributed by atoms with Gasteiger partial charge in [0.15, 0.2) is 0 Å². The molecule has 20 heavy (non-hydrogen) atoms. The van der Waals surface area contributed by atoms with E-state index in [2.05, 4.69) is 61.5 Å². The van der Waals surface area contributed by atoms with E-state index in [1.54, 1.807) is 0 Å². The molecule has 2 rings (SSSR count). The molecule has 0 aromatic rings. The second-order valence-corrected chi connectivity index (χ2v) is 5.21. The lowest BCUT2D eigenvalue weighted by Gasteiger charge is -2.31. The van der Waals surface area contributed by atoms with E-state index in [0.717, 1.165) is 18.7 Å². The number of hydrazine groups is 1. The molecule has 2 aliphatic rings. The Hall–Kier alpha value is -0.560. The van der Waals surface area contributed by atoms with Crippen molar-refractivity contribution in [2.24, 2.45) is 5.73 Å². The quantitative estimate of drug-likeness (QED) is 0.741. The van der Waals surface area contributed by atoms with Crippen LogP contribution in [0, 0.1) is 0 Å². The van der Waals surface area contributed by atoms with E-state index in [1.807, 2.05) is 0 Å². The smallest absolute Gasteiger partial charge is 0.107 e. The lowest BCUT2D eigenvalue weighted by Crippen LogP contribution is -2.54. The number of nitrogens with one attached hydrogen (secondary N) is 1. The molecule has 0 saturated carbocycles. The number of hydrogen-bond donors (Lipinski definition) is 3. The zero-order valence-corrected chi connectivity index (χ0v) is 14.3. The number of hydrogen-bond acceptors (Lipinski definition) is 5. The van der Waals surface area contributed by atoms with Gasteiger partial charge in [-0.1, -0.05) is 6.08 Å². The maximum absolute atomic E-state index is 6.36. The Morgan fingerprint density at radius 1 is 1.25 bits per heavy atom. The molecule has 118 valence electrons. The molecular weight excluding hydrogens is 297 g/mol. The van der Waals surface area contributed by atoms with Crippen LogP contribution in [0.25, 0.3) is 0 Å². The molecular formula is C13H27Cl2N5. The third-order valence-corrected chi connectivity index (χ3v) is 3.37. The fraction of sp³-hybridized carbons (Fsp3) is 0.538. The van der Waals surface area contributed by atoms with E-state index in [0.29, 0.717) is 0 Å². The van der Waals surface area contributed by atoms with Crippen LogP contribution in [0.4, 0.5) is 0 Å². The summed E-state index contributed by atoms with van der Waals surface area (Å²) in [5, 5.41) is 2.09. The minimum Gasteiger partial charge on any atom is -0.344 e. The molecule has 0 aliphatic carbocycles. The monoisotopic (exact) mass is 323 g/mol. The summed E-state index contributed by atoms with van der Waals surface area (Å²) in [6, 6.07) is 0. The molecule has 2 heterocycles. The van der Waals surface area contributed by atoms with Crippen LogP contribution in [0.5, 0.6) is 0 Å². The Balaban J connectivity index is 0. The third kappa shape index (κ3) is 4.48. The van der Waals surface area contributed by atoms with E-state index in [-0.39, 0.29) is 31.0 Å². The lowest BCUT2D eigenvalue weighted by molar-refractivity contribution is 0.226. The van der Waals surface area contributed by atoms with Gasteiger partial charge in [0.25, 0.3) is 0 Å². The highest BCUT2D eigenvalue weighted by atomic mass is 35.5. The van der Waals surface area contributed by atoms with Gasteiger partial charge in [0, 0.05) is 12.2 Å². The van der Waals surface area contributed by atoms with Crippen LogP contribution in [0.3, 0.4) is 0 Å². The number of fused-ring (bicyclic) bond motifs is 1. The SMILES string of the molecule is CC1=C(C)N2NC(N)(CCN(C)C)C=C2C=C1.Cl.Cl.N. The molecule has 0 aromatic heterocycles. The largest absolute Gasteiger partial charge is 0.344 e. The predicted molar refractivity (Wildman–Crippen MR) is 90.2 cm³/mol. The number of halogens is 2. The molecule has 6 N–H and O–H groups in total.